The van der Waals surface area contributed by atoms with Crippen molar-refractivity contribution in [2.45, 2.75) is 18.9 Å². The van der Waals surface area contributed by atoms with Gasteiger partial charge < -0.3 is 15.2 Å². The molecule has 1 fully saturated rings. The molecule has 0 bridgehead atoms. The molecule has 1 aliphatic rings. The van der Waals surface area contributed by atoms with Gasteiger partial charge in [0.2, 0.25) is 5.91 Å². The first kappa shape index (κ1) is 16.3. The summed E-state index contributed by atoms with van der Waals surface area (Å²) in [5, 5.41) is 3.09. The van der Waals surface area contributed by atoms with E-state index in [0.29, 0.717) is 18.5 Å². The number of benzene rings is 2. The van der Waals surface area contributed by atoms with Crippen LogP contribution in [0.15, 0.2) is 54.9 Å². The van der Waals surface area contributed by atoms with Gasteiger partial charge in [-0.2, -0.15) is 0 Å². The van der Waals surface area contributed by atoms with Crippen molar-refractivity contribution in [3.8, 4) is 0 Å². The number of aromatic amines is 1. The van der Waals surface area contributed by atoms with E-state index >= 15 is 0 Å². The molecule has 1 aliphatic heterocycles. The number of likely N-dealkylation sites (tertiary alicyclic amines) is 1. The number of hydrogen-bond donors (Lipinski definition) is 2. The minimum Gasteiger partial charge on any atom is -0.345 e. The highest BCUT2D eigenvalue weighted by molar-refractivity contribution is 5.97. The second-order valence-corrected chi connectivity index (χ2v) is 6.51. The molecule has 2 amide bonds. The fourth-order valence-corrected chi connectivity index (χ4v) is 3.36. The summed E-state index contributed by atoms with van der Waals surface area (Å²) in [6.07, 6.45) is 3.08. The fourth-order valence-electron chi connectivity index (χ4n) is 3.36. The summed E-state index contributed by atoms with van der Waals surface area (Å²) in [5.41, 5.74) is 3.20. The summed E-state index contributed by atoms with van der Waals surface area (Å²) in [4.78, 5) is 33.8. The van der Waals surface area contributed by atoms with Crippen LogP contribution in [0.25, 0.3) is 11.0 Å². The Hall–Kier alpha value is -3.15. The molecule has 0 spiro atoms. The van der Waals surface area contributed by atoms with E-state index in [1.165, 1.54) is 0 Å². The van der Waals surface area contributed by atoms with Crippen LogP contribution in [-0.4, -0.2) is 39.8 Å². The first-order valence-corrected chi connectivity index (χ1v) is 8.77. The lowest BCUT2D eigenvalue weighted by atomic mass is 10.1. The molecule has 4 rings (SSSR count). The number of fused-ring (bicyclic) bond motifs is 1. The normalized spacial score (nSPS) is 15.4. The highest BCUT2D eigenvalue weighted by Gasteiger charge is 2.25. The number of nitrogens with zero attached hydrogens (tertiary/aromatic N) is 2. The predicted octanol–water partition coefficient (Wildman–Crippen LogP) is 2.66. The Bertz CT molecular complexity index is 935. The smallest absolute Gasteiger partial charge is 0.251 e. The largest absolute Gasteiger partial charge is 0.345 e. The molecule has 26 heavy (non-hydrogen) atoms. The Balaban J connectivity index is 1.56. The van der Waals surface area contributed by atoms with Crippen molar-refractivity contribution in [3.63, 3.8) is 0 Å². The number of hydrogen-bond acceptors (Lipinski definition) is 3. The van der Waals surface area contributed by atoms with Crippen LogP contribution < -0.4 is 5.32 Å². The molecule has 6 nitrogen and oxygen atoms in total. The molecule has 0 aliphatic carbocycles. The standard InChI is InChI=1S/C20H20N4O2/c25-19-7-4-10-24(19)12-18(14-5-2-1-3-6-14)23-20(26)15-8-9-16-17(11-15)22-13-21-16/h1-3,5-6,8-9,11,13,18H,4,7,10,12H2,(H,21,22)(H,23,26)/t18-/m1/s1. The molecule has 2 N–H and O–H groups in total. The van der Waals surface area contributed by atoms with Gasteiger partial charge >= 0.3 is 0 Å². The van der Waals surface area contributed by atoms with Crippen molar-refractivity contribution in [1.29, 1.82) is 0 Å². The number of imidazole rings is 1. The third-order valence-corrected chi connectivity index (χ3v) is 4.76. The lowest BCUT2D eigenvalue weighted by Gasteiger charge is -2.25. The van der Waals surface area contributed by atoms with E-state index < -0.39 is 0 Å². The average molecular weight is 348 g/mol. The van der Waals surface area contributed by atoms with E-state index in [1.54, 1.807) is 18.5 Å². The zero-order valence-electron chi connectivity index (χ0n) is 14.3. The summed E-state index contributed by atoms with van der Waals surface area (Å²) >= 11 is 0. The van der Waals surface area contributed by atoms with Gasteiger partial charge in [-0.3, -0.25) is 9.59 Å². The Labute approximate surface area is 151 Å². The van der Waals surface area contributed by atoms with Crippen molar-refractivity contribution in [1.82, 2.24) is 20.2 Å². The van der Waals surface area contributed by atoms with Crippen LogP contribution in [0.1, 0.15) is 34.8 Å². The zero-order valence-corrected chi connectivity index (χ0v) is 14.3. The maximum atomic E-state index is 12.8. The average Bonchev–Trinajstić information content (AvgIpc) is 3.30. The topological polar surface area (TPSA) is 78.1 Å². The number of nitrogens with one attached hydrogen (secondary N) is 2. The van der Waals surface area contributed by atoms with Crippen LogP contribution in [0.5, 0.6) is 0 Å². The summed E-state index contributed by atoms with van der Waals surface area (Å²) in [5.74, 6) is -0.0129. The van der Waals surface area contributed by atoms with Crippen LogP contribution >= 0.6 is 0 Å². The molecule has 1 aromatic heterocycles. The highest BCUT2D eigenvalue weighted by atomic mass is 16.2. The summed E-state index contributed by atoms with van der Waals surface area (Å²) in [6, 6.07) is 14.9. The Kier molecular flexibility index (Phi) is 4.39. The molecule has 132 valence electrons. The fraction of sp³-hybridized carbons (Fsp3) is 0.250. The maximum absolute atomic E-state index is 12.8. The molecule has 0 unspecified atom stereocenters. The SMILES string of the molecule is O=C(N[C@H](CN1CCCC1=O)c1ccccc1)c1ccc2nc[nH]c2c1. The number of H-pyrrole nitrogens is 1. The molecule has 0 saturated carbocycles. The number of carbonyl (C=O) groups is 2. The summed E-state index contributed by atoms with van der Waals surface area (Å²) in [6.45, 7) is 1.24. The van der Waals surface area contributed by atoms with Crippen LogP contribution in [0, 0.1) is 0 Å². The molecule has 2 aromatic carbocycles. The molecule has 2 heterocycles. The predicted molar refractivity (Wildman–Crippen MR) is 98.6 cm³/mol. The van der Waals surface area contributed by atoms with Gasteiger partial charge in [0, 0.05) is 25.1 Å². The number of carbonyl (C=O) groups excluding carboxylic acids is 2. The minimum atomic E-state index is -0.247. The highest BCUT2D eigenvalue weighted by Crippen LogP contribution is 2.20. The Morgan fingerprint density at radius 2 is 2.08 bits per heavy atom. The lowest BCUT2D eigenvalue weighted by Crippen LogP contribution is -2.38. The van der Waals surface area contributed by atoms with Gasteiger partial charge in [0.15, 0.2) is 0 Å². The van der Waals surface area contributed by atoms with Gasteiger partial charge in [-0.25, -0.2) is 4.98 Å². The first-order chi connectivity index (χ1) is 12.7. The maximum Gasteiger partial charge on any atom is 0.251 e. The van der Waals surface area contributed by atoms with Gasteiger partial charge in [-0.05, 0) is 30.2 Å². The van der Waals surface area contributed by atoms with E-state index in [9.17, 15) is 9.59 Å². The van der Waals surface area contributed by atoms with Gasteiger partial charge in [0.05, 0.1) is 23.4 Å². The van der Waals surface area contributed by atoms with E-state index in [4.69, 9.17) is 0 Å². The molecule has 3 aromatic rings. The quantitative estimate of drug-likeness (QED) is 0.744. The third-order valence-electron chi connectivity index (χ3n) is 4.76. The number of rotatable bonds is 5. The van der Waals surface area contributed by atoms with Gasteiger partial charge in [0.1, 0.15) is 0 Å². The summed E-state index contributed by atoms with van der Waals surface area (Å²) < 4.78 is 0. The monoisotopic (exact) mass is 348 g/mol. The summed E-state index contributed by atoms with van der Waals surface area (Å²) in [7, 11) is 0. The third kappa shape index (κ3) is 3.31. The van der Waals surface area contributed by atoms with E-state index in [2.05, 4.69) is 15.3 Å². The van der Waals surface area contributed by atoms with Gasteiger partial charge in [-0.15, -0.1) is 0 Å². The zero-order chi connectivity index (χ0) is 17.9. The molecular formula is C20H20N4O2. The van der Waals surface area contributed by atoms with Crippen LogP contribution in [0.3, 0.4) is 0 Å². The lowest BCUT2D eigenvalue weighted by molar-refractivity contribution is -0.128. The van der Waals surface area contributed by atoms with E-state index in [-0.39, 0.29) is 17.9 Å². The van der Waals surface area contributed by atoms with E-state index in [0.717, 1.165) is 29.6 Å². The van der Waals surface area contributed by atoms with Crippen molar-refractivity contribution in [3.05, 3.63) is 66.0 Å². The van der Waals surface area contributed by atoms with Gasteiger partial charge in [0.25, 0.3) is 5.91 Å². The van der Waals surface area contributed by atoms with E-state index in [1.807, 2.05) is 41.3 Å². The first-order valence-electron chi connectivity index (χ1n) is 8.77. The Morgan fingerprint density at radius 3 is 2.85 bits per heavy atom. The van der Waals surface area contributed by atoms with Crippen LogP contribution in [-0.2, 0) is 4.79 Å². The van der Waals surface area contributed by atoms with Crippen molar-refractivity contribution < 1.29 is 9.59 Å². The van der Waals surface area contributed by atoms with Crippen molar-refractivity contribution in [2.75, 3.05) is 13.1 Å². The van der Waals surface area contributed by atoms with Crippen molar-refractivity contribution >= 4 is 22.8 Å². The number of aromatic nitrogens is 2. The Morgan fingerprint density at radius 1 is 1.23 bits per heavy atom. The van der Waals surface area contributed by atoms with Crippen LogP contribution in [0.2, 0.25) is 0 Å². The van der Waals surface area contributed by atoms with Crippen molar-refractivity contribution in [2.24, 2.45) is 0 Å². The molecule has 0 radical (unpaired) electrons. The molecule has 1 saturated heterocycles. The molecular weight excluding hydrogens is 328 g/mol. The van der Waals surface area contributed by atoms with Crippen LogP contribution in [0.4, 0.5) is 0 Å². The number of amides is 2. The van der Waals surface area contributed by atoms with Gasteiger partial charge in [-0.1, -0.05) is 30.3 Å². The second-order valence-electron chi connectivity index (χ2n) is 6.51. The molecule has 6 heteroatoms. The molecule has 1 atom stereocenters. The second kappa shape index (κ2) is 7.00. The minimum absolute atomic E-state index is 0.152.